The summed E-state index contributed by atoms with van der Waals surface area (Å²) >= 11 is 0. The first-order valence-corrected chi connectivity index (χ1v) is 8.46. The summed E-state index contributed by atoms with van der Waals surface area (Å²) in [5.41, 5.74) is 1.87. The smallest absolute Gasteiger partial charge is 0.203 e. The van der Waals surface area contributed by atoms with Gasteiger partial charge in [-0.25, -0.2) is 0 Å². The maximum atomic E-state index is 9.85. The lowest BCUT2D eigenvalue weighted by Crippen LogP contribution is -2.29. The highest BCUT2D eigenvalue weighted by molar-refractivity contribution is 5.85. The van der Waals surface area contributed by atoms with Crippen LogP contribution < -0.4 is 19.5 Å². The van der Waals surface area contributed by atoms with Gasteiger partial charge in [-0.05, 0) is 41.8 Å². The van der Waals surface area contributed by atoms with E-state index in [1.54, 1.807) is 33.5 Å². The number of aromatic hydroxyl groups is 2. The van der Waals surface area contributed by atoms with Crippen molar-refractivity contribution in [3.05, 3.63) is 41.5 Å². The Morgan fingerprint density at radius 2 is 1.48 bits per heavy atom. The number of ether oxygens (including phenoxy) is 3. The Bertz CT molecular complexity index is 726. The highest BCUT2D eigenvalue weighted by Gasteiger charge is 2.19. The number of rotatable bonds is 8. The van der Waals surface area contributed by atoms with Crippen LogP contribution >= 0.6 is 12.4 Å². The van der Waals surface area contributed by atoms with Gasteiger partial charge in [-0.3, -0.25) is 0 Å². The van der Waals surface area contributed by atoms with Gasteiger partial charge in [0.05, 0.1) is 21.3 Å². The molecule has 2 rings (SSSR count). The zero-order valence-electron chi connectivity index (χ0n) is 16.3. The summed E-state index contributed by atoms with van der Waals surface area (Å²) in [6, 6.07) is 8.87. The fourth-order valence-corrected chi connectivity index (χ4v) is 2.92. The number of halogens is 1. The molecule has 27 heavy (non-hydrogen) atoms. The van der Waals surface area contributed by atoms with Crippen molar-refractivity contribution in [2.45, 2.75) is 32.4 Å². The van der Waals surface area contributed by atoms with E-state index in [0.29, 0.717) is 23.7 Å². The molecule has 2 aromatic rings. The van der Waals surface area contributed by atoms with Crippen LogP contribution in [0.15, 0.2) is 30.3 Å². The van der Waals surface area contributed by atoms with Crippen molar-refractivity contribution >= 4 is 12.4 Å². The number of nitrogens with one attached hydrogen (secondary N) is 1. The molecule has 0 aliphatic heterocycles. The molecular formula is C20H28ClNO5. The molecule has 0 fully saturated rings. The predicted octanol–water partition coefficient (Wildman–Crippen LogP) is 3.83. The van der Waals surface area contributed by atoms with Gasteiger partial charge in [-0.15, -0.1) is 12.4 Å². The van der Waals surface area contributed by atoms with Crippen molar-refractivity contribution in [1.29, 1.82) is 0 Å². The van der Waals surface area contributed by atoms with E-state index < -0.39 is 0 Å². The van der Waals surface area contributed by atoms with E-state index in [-0.39, 0.29) is 36.0 Å². The average Bonchev–Trinajstić information content (AvgIpc) is 2.62. The van der Waals surface area contributed by atoms with E-state index in [0.717, 1.165) is 11.1 Å². The Morgan fingerprint density at radius 3 is 1.93 bits per heavy atom. The first-order chi connectivity index (χ1) is 12.4. The third kappa shape index (κ3) is 5.58. The number of hydrogen-bond acceptors (Lipinski definition) is 6. The summed E-state index contributed by atoms with van der Waals surface area (Å²) < 4.78 is 16.2. The van der Waals surface area contributed by atoms with E-state index in [4.69, 9.17) is 14.2 Å². The van der Waals surface area contributed by atoms with Gasteiger partial charge < -0.3 is 29.7 Å². The SMILES string of the molecule is COc1cc(CC(NC(C)C)c2ccc(O)c(O)c2)cc(OC)c1OC.Cl. The van der Waals surface area contributed by atoms with Gasteiger partial charge in [-0.2, -0.15) is 0 Å². The second-order valence-corrected chi connectivity index (χ2v) is 6.36. The van der Waals surface area contributed by atoms with Gasteiger partial charge in [0.1, 0.15) is 0 Å². The Labute approximate surface area is 166 Å². The summed E-state index contributed by atoms with van der Waals surface area (Å²) in [6.07, 6.45) is 0.638. The predicted molar refractivity (Wildman–Crippen MR) is 108 cm³/mol. The molecule has 3 N–H and O–H groups in total. The lowest BCUT2D eigenvalue weighted by Gasteiger charge is -2.23. The van der Waals surface area contributed by atoms with Crippen LogP contribution in [0, 0.1) is 0 Å². The van der Waals surface area contributed by atoms with E-state index in [2.05, 4.69) is 19.2 Å². The van der Waals surface area contributed by atoms with Gasteiger partial charge in [0.25, 0.3) is 0 Å². The molecule has 0 aliphatic carbocycles. The average molecular weight is 398 g/mol. The van der Waals surface area contributed by atoms with Crippen molar-refractivity contribution in [3.63, 3.8) is 0 Å². The Morgan fingerprint density at radius 1 is 0.889 bits per heavy atom. The van der Waals surface area contributed by atoms with Crippen molar-refractivity contribution in [2.75, 3.05) is 21.3 Å². The van der Waals surface area contributed by atoms with Gasteiger partial charge >= 0.3 is 0 Å². The van der Waals surface area contributed by atoms with Crippen LogP contribution in [-0.4, -0.2) is 37.6 Å². The van der Waals surface area contributed by atoms with Crippen LogP contribution in [0.4, 0.5) is 0 Å². The standard InChI is InChI=1S/C20H27NO5.ClH/c1-12(2)21-15(14-6-7-16(22)17(23)11-14)8-13-9-18(24-3)20(26-5)19(10-13)25-4;/h6-7,9-12,15,21-23H,8H2,1-5H3;1H. The van der Waals surface area contributed by atoms with E-state index in [9.17, 15) is 10.2 Å². The fourth-order valence-electron chi connectivity index (χ4n) is 2.92. The van der Waals surface area contributed by atoms with Crippen LogP contribution in [0.3, 0.4) is 0 Å². The van der Waals surface area contributed by atoms with Crippen molar-refractivity contribution < 1.29 is 24.4 Å². The Kier molecular flexibility index (Phi) is 8.53. The third-order valence-electron chi connectivity index (χ3n) is 4.10. The first kappa shape index (κ1) is 22.7. The second-order valence-electron chi connectivity index (χ2n) is 6.36. The summed E-state index contributed by atoms with van der Waals surface area (Å²) in [6.45, 7) is 4.12. The first-order valence-electron chi connectivity index (χ1n) is 8.46. The van der Waals surface area contributed by atoms with Crippen LogP contribution in [0.25, 0.3) is 0 Å². The molecule has 0 saturated carbocycles. The van der Waals surface area contributed by atoms with E-state index >= 15 is 0 Å². The molecule has 0 aliphatic rings. The quantitative estimate of drug-likeness (QED) is 0.587. The summed E-state index contributed by atoms with van der Waals surface area (Å²) in [7, 11) is 4.74. The van der Waals surface area contributed by atoms with Crippen LogP contribution in [0.5, 0.6) is 28.7 Å². The van der Waals surface area contributed by atoms with Gasteiger partial charge in [0.2, 0.25) is 5.75 Å². The van der Waals surface area contributed by atoms with Crippen LogP contribution in [0.1, 0.15) is 31.0 Å². The van der Waals surface area contributed by atoms with E-state index in [1.807, 2.05) is 12.1 Å². The normalized spacial score (nSPS) is 11.6. The summed E-state index contributed by atoms with van der Waals surface area (Å²) in [5, 5.41) is 22.9. The number of phenols is 2. The van der Waals surface area contributed by atoms with Crippen molar-refractivity contribution in [2.24, 2.45) is 0 Å². The van der Waals surface area contributed by atoms with Crippen molar-refractivity contribution in [3.8, 4) is 28.7 Å². The van der Waals surface area contributed by atoms with Crippen molar-refractivity contribution in [1.82, 2.24) is 5.32 Å². The molecule has 1 unspecified atom stereocenters. The lowest BCUT2D eigenvalue weighted by molar-refractivity contribution is 0.323. The largest absolute Gasteiger partial charge is 0.504 e. The summed E-state index contributed by atoms with van der Waals surface area (Å²) in [5.74, 6) is 1.47. The molecule has 0 aromatic heterocycles. The zero-order valence-corrected chi connectivity index (χ0v) is 17.1. The van der Waals surface area contributed by atoms with Gasteiger partial charge in [-0.1, -0.05) is 19.9 Å². The number of benzene rings is 2. The number of hydrogen-bond donors (Lipinski definition) is 3. The van der Waals surface area contributed by atoms with Crippen LogP contribution in [0.2, 0.25) is 0 Å². The maximum Gasteiger partial charge on any atom is 0.203 e. The van der Waals surface area contributed by atoms with Crippen LogP contribution in [-0.2, 0) is 6.42 Å². The Balaban J connectivity index is 0.00000364. The Hall–Kier alpha value is -2.31. The fraction of sp³-hybridized carbons (Fsp3) is 0.400. The molecule has 1 atom stereocenters. The number of phenolic OH excluding ortho intramolecular Hbond substituents is 2. The van der Waals surface area contributed by atoms with E-state index in [1.165, 1.54) is 6.07 Å². The lowest BCUT2D eigenvalue weighted by atomic mass is 9.97. The van der Waals surface area contributed by atoms with Gasteiger partial charge in [0.15, 0.2) is 23.0 Å². The highest BCUT2D eigenvalue weighted by Crippen LogP contribution is 2.39. The minimum Gasteiger partial charge on any atom is -0.504 e. The highest BCUT2D eigenvalue weighted by atomic mass is 35.5. The second kappa shape index (κ2) is 10.1. The molecule has 0 bridgehead atoms. The molecular weight excluding hydrogens is 370 g/mol. The van der Waals surface area contributed by atoms with Gasteiger partial charge in [0, 0.05) is 12.1 Å². The molecule has 2 aromatic carbocycles. The number of methoxy groups -OCH3 is 3. The molecule has 150 valence electrons. The monoisotopic (exact) mass is 397 g/mol. The summed E-state index contributed by atoms with van der Waals surface area (Å²) in [4.78, 5) is 0. The zero-order chi connectivity index (χ0) is 19.3. The maximum absolute atomic E-state index is 9.85. The third-order valence-corrected chi connectivity index (χ3v) is 4.10. The molecule has 0 heterocycles. The molecule has 7 heteroatoms. The minimum absolute atomic E-state index is 0. The molecule has 6 nitrogen and oxygen atoms in total. The molecule has 0 saturated heterocycles. The molecule has 0 radical (unpaired) electrons. The topological polar surface area (TPSA) is 80.2 Å². The molecule has 0 amide bonds. The minimum atomic E-state index is -0.136. The molecule has 0 spiro atoms.